The van der Waals surface area contributed by atoms with Crippen molar-refractivity contribution in [2.24, 2.45) is 28.8 Å². The van der Waals surface area contributed by atoms with Gasteiger partial charge in [-0.3, -0.25) is 14.4 Å². The second-order valence-electron chi connectivity index (χ2n) is 14.9. The number of allylic oxidation sites excluding steroid dienone is 2. The summed E-state index contributed by atoms with van der Waals surface area (Å²) in [6.45, 7) is 14.9. The highest BCUT2D eigenvalue weighted by Crippen LogP contribution is 2.55. The SMILES string of the molecule is CCOCCO/N=C/c1c2c(O)c3c(O)c(C)c4c(c3c1O)C(=O)[C@@](C)(O/C=C\[C@H](OC)[C@@H](C)[C@@H](OC(C)=O)[C@H](C)[C@H](O)[C@H](C)[C@@H](O)[C@@H](C)/C=C\C=C(\C)C(=O)N2)O4. The van der Waals surface area contributed by atoms with E-state index in [1.165, 1.54) is 53.2 Å². The van der Waals surface area contributed by atoms with Crippen LogP contribution in [-0.4, -0.2) is 107 Å². The fraction of sp³-hybridized carbons (Fsp3) is 0.524. The molecule has 5 rings (SSSR count). The maximum atomic E-state index is 14.3. The summed E-state index contributed by atoms with van der Waals surface area (Å²) in [4.78, 5) is 45.5. The average Bonchev–Trinajstić information content (AvgIpc) is 3.45. The Morgan fingerprint density at radius 3 is 2.29 bits per heavy atom. The molecule has 0 spiro atoms. The van der Waals surface area contributed by atoms with Crippen LogP contribution in [-0.2, 0) is 33.4 Å². The maximum Gasteiger partial charge on any atom is 0.312 e. The second-order valence-corrected chi connectivity index (χ2v) is 14.9. The van der Waals surface area contributed by atoms with Crippen LogP contribution in [0.3, 0.4) is 0 Å². The molecule has 318 valence electrons. The Hall–Kier alpha value is -5.16. The van der Waals surface area contributed by atoms with Crippen LogP contribution >= 0.6 is 0 Å². The number of hydrogen-bond acceptors (Lipinski definition) is 15. The molecule has 58 heavy (non-hydrogen) atoms. The molecule has 0 saturated heterocycles. The number of phenols is 3. The van der Waals surface area contributed by atoms with Crippen molar-refractivity contribution in [3.63, 3.8) is 0 Å². The number of carbonyl (C=O) groups is 3. The molecule has 3 heterocycles. The molecular formula is C42H56N2O14. The van der Waals surface area contributed by atoms with Crippen molar-refractivity contribution in [1.82, 2.24) is 0 Å². The third kappa shape index (κ3) is 9.25. The van der Waals surface area contributed by atoms with E-state index >= 15 is 0 Å². The molecule has 0 saturated carbocycles. The number of hydrogen-bond donors (Lipinski definition) is 6. The Kier molecular flexibility index (Phi) is 15.0. The molecule has 0 aliphatic carbocycles. The van der Waals surface area contributed by atoms with Gasteiger partial charge in [0.1, 0.15) is 30.0 Å². The molecule has 9 atom stereocenters. The number of fused-ring (bicyclic) bond motifs is 14. The van der Waals surface area contributed by atoms with E-state index in [1.807, 2.05) is 6.92 Å². The lowest BCUT2D eigenvalue weighted by molar-refractivity contribution is -0.160. The minimum absolute atomic E-state index is 0.0252. The van der Waals surface area contributed by atoms with Gasteiger partial charge in [0.2, 0.25) is 0 Å². The quantitative estimate of drug-likeness (QED) is 0.0506. The Labute approximate surface area is 337 Å². The Morgan fingerprint density at radius 1 is 0.966 bits per heavy atom. The number of anilines is 1. The van der Waals surface area contributed by atoms with E-state index in [0.717, 1.165) is 6.21 Å². The van der Waals surface area contributed by atoms with E-state index in [-0.39, 0.29) is 57.7 Å². The second kappa shape index (κ2) is 19.1. The van der Waals surface area contributed by atoms with Gasteiger partial charge in [0.25, 0.3) is 11.7 Å². The normalized spacial score (nSPS) is 30.4. The zero-order chi connectivity index (χ0) is 43.2. The van der Waals surface area contributed by atoms with Crippen LogP contribution in [0.25, 0.3) is 10.8 Å². The monoisotopic (exact) mass is 812 g/mol. The van der Waals surface area contributed by atoms with Crippen molar-refractivity contribution in [3.05, 3.63) is 52.8 Å². The minimum Gasteiger partial charge on any atom is -0.507 e. The lowest BCUT2D eigenvalue weighted by atomic mass is 9.78. The van der Waals surface area contributed by atoms with Crippen LogP contribution < -0.4 is 10.1 Å². The average molecular weight is 813 g/mol. The third-order valence-electron chi connectivity index (χ3n) is 10.8. The van der Waals surface area contributed by atoms with E-state index in [2.05, 4.69) is 10.5 Å². The van der Waals surface area contributed by atoms with Gasteiger partial charge in [-0.1, -0.05) is 51.1 Å². The fourth-order valence-corrected chi connectivity index (χ4v) is 7.26. The lowest BCUT2D eigenvalue weighted by Gasteiger charge is -2.38. The summed E-state index contributed by atoms with van der Waals surface area (Å²) in [5, 5.41) is 63.7. The van der Waals surface area contributed by atoms with Crippen molar-refractivity contribution >= 4 is 40.3 Å². The number of aromatic hydroxyl groups is 3. The molecule has 2 aromatic carbocycles. The number of nitrogens with zero attached hydrogens (tertiary/aromatic N) is 1. The molecule has 0 aromatic heterocycles. The van der Waals surface area contributed by atoms with Gasteiger partial charge in [0, 0.05) is 67.8 Å². The van der Waals surface area contributed by atoms with Crippen molar-refractivity contribution in [2.45, 2.75) is 92.5 Å². The summed E-state index contributed by atoms with van der Waals surface area (Å²) in [5.74, 6) is -8.74. The molecule has 3 aliphatic heterocycles. The summed E-state index contributed by atoms with van der Waals surface area (Å²) in [7, 11) is 1.42. The number of esters is 1. The molecule has 16 nitrogen and oxygen atoms in total. The van der Waals surface area contributed by atoms with Gasteiger partial charge in [0.05, 0.1) is 59.6 Å². The van der Waals surface area contributed by atoms with Gasteiger partial charge in [-0.05, 0) is 26.8 Å². The third-order valence-corrected chi connectivity index (χ3v) is 10.8. The standard InChI is InChI=1S/C42H56N2O14/c1-11-54-17-18-56-43-19-27-32-37(50)30-29(36(27)49)31-39(25(7)35(30)48)58-42(9,40(31)51)55-16-15-28(53-10)22(4)38(57-26(8)45)24(6)34(47)23(5)33(46)20(2)13-12-14-21(3)41(52)44-32/h12-16,19-20,22-24,28,33-34,38,46-50H,11,17-18H2,1-10H3,(H,44,52)/b13-12-,16-15-,21-14-,43-19+/t20-,22+,23+,24+,28-,33-,34+,38+,42-/m0/s1. The first-order valence-electron chi connectivity index (χ1n) is 19.1. The maximum absolute atomic E-state index is 14.3. The highest BCUT2D eigenvalue weighted by molar-refractivity contribution is 6.23. The predicted octanol–water partition coefficient (Wildman–Crippen LogP) is 5.14. The number of aliphatic hydroxyl groups excluding tert-OH is 2. The number of Topliss-reactive ketones (excluding diaryl/α,β-unsaturated/α-hetero) is 1. The number of ketones is 1. The molecule has 16 heteroatoms. The van der Waals surface area contributed by atoms with E-state index in [9.17, 15) is 39.9 Å². The van der Waals surface area contributed by atoms with Crippen LogP contribution in [0, 0.1) is 30.6 Å². The van der Waals surface area contributed by atoms with E-state index < -0.39 is 88.8 Å². The number of carbonyl (C=O) groups excluding carboxylic acids is 3. The Balaban J connectivity index is 1.95. The van der Waals surface area contributed by atoms with E-state index in [4.69, 9.17) is 28.5 Å². The zero-order valence-corrected chi connectivity index (χ0v) is 34.6. The molecule has 0 unspecified atom stereocenters. The van der Waals surface area contributed by atoms with Crippen molar-refractivity contribution in [3.8, 4) is 23.0 Å². The van der Waals surface area contributed by atoms with Crippen LogP contribution in [0.4, 0.5) is 5.69 Å². The Morgan fingerprint density at radius 2 is 1.66 bits per heavy atom. The molecular weight excluding hydrogens is 756 g/mol. The van der Waals surface area contributed by atoms with Gasteiger partial charge < -0.3 is 59.4 Å². The largest absolute Gasteiger partial charge is 0.507 e. The summed E-state index contributed by atoms with van der Waals surface area (Å²) in [6.07, 6.45) is 4.43. The number of nitrogens with one attached hydrogen (secondary N) is 1. The topological polar surface area (TPSA) is 232 Å². The first kappa shape index (κ1) is 45.5. The van der Waals surface area contributed by atoms with Gasteiger partial charge in [-0.15, -0.1) is 0 Å². The highest BCUT2D eigenvalue weighted by Gasteiger charge is 2.50. The molecule has 6 N–H and O–H groups in total. The number of methoxy groups -OCH3 is 1. The fourth-order valence-electron chi connectivity index (χ4n) is 7.26. The van der Waals surface area contributed by atoms with Crippen LogP contribution in [0.5, 0.6) is 23.0 Å². The highest BCUT2D eigenvalue weighted by atomic mass is 16.7. The van der Waals surface area contributed by atoms with Gasteiger partial charge in [0.15, 0.2) is 5.75 Å². The number of aliphatic hydroxyl groups is 2. The molecule has 2 aromatic rings. The van der Waals surface area contributed by atoms with Gasteiger partial charge in [-0.25, -0.2) is 0 Å². The zero-order valence-electron chi connectivity index (χ0n) is 34.6. The number of phenolic OH excluding ortho intramolecular Hbond substituents is 3. The summed E-state index contributed by atoms with van der Waals surface area (Å²) >= 11 is 0. The van der Waals surface area contributed by atoms with Crippen LogP contribution in [0.1, 0.15) is 76.9 Å². The summed E-state index contributed by atoms with van der Waals surface area (Å²) < 4.78 is 28.7. The van der Waals surface area contributed by atoms with Crippen molar-refractivity contribution in [1.29, 1.82) is 0 Å². The van der Waals surface area contributed by atoms with Crippen molar-refractivity contribution < 1.29 is 68.4 Å². The van der Waals surface area contributed by atoms with Gasteiger partial charge in [-0.2, -0.15) is 0 Å². The summed E-state index contributed by atoms with van der Waals surface area (Å²) in [5.41, 5.74) is -0.688. The molecule has 1 amide bonds. The van der Waals surface area contributed by atoms with Crippen LogP contribution in [0.2, 0.25) is 0 Å². The number of benzene rings is 2. The molecule has 0 radical (unpaired) electrons. The first-order chi connectivity index (χ1) is 27.3. The smallest absolute Gasteiger partial charge is 0.312 e. The number of rotatable bonds is 8. The predicted molar refractivity (Wildman–Crippen MR) is 214 cm³/mol. The molecule has 3 aliphatic rings. The molecule has 5 bridgehead atoms. The lowest BCUT2D eigenvalue weighted by Crippen LogP contribution is -2.46. The number of ether oxygens (including phenoxy) is 5. The minimum atomic E-state index is -2.07. The molecule has 0 fully saturated rings. The first-order valence-corrected chi connectivity index (χ1v) is 19.1. The number of oxime groups is 1. The van der Waals surface area contributed by atoms with E-state index in [1.54, 1.807) is 39.8 Å². The van der Waals surface area contributed by atoms with E-state index in [0.29, 0.717) is 6.61 Å². The summed E-state index contributed by atoms with van der Waals surface area (Å²) in [6, 6.07) is 0. The van der Waals surface area contributed by atoms with Crippen LogP contribution in [0.15, 0.2) is 41.3 Å². The number of amides is 1. The van der Waals surface area contributed by atoms with Crippen molar-refractivity contribution in [2.75, 3.05) is 32.2 Å². The Bertz CT molecular complexity index is 1990. The van der Waals surface area contributed by atoms with Gasteiger partial charge >= 0.3 is 11.8 Å².